The fraction of sp³-hybridized carbons (Fsp3) is 0.600. The Balaban J connectivity index is 2.35. The number of benzene rings is 1. The molecule has 0 spiro atoms. The van der Waals surface area contributed by atoms with Gasteiger partial charge in [0, 0.05) is 25.2 Å². The van der Waals surface area contributed by atoms with Crippen LogP contribution < -0.4 is 5.73 Å². The van der Waals surface area contributed by atoms with Crippen LogP contribution in [0, 0.1) is 17.2 Å². The van der Waals surface area contributed by atoms with Crippen LogP contribution in [-0.2, 0) is 16.6 Å². The molecule has 0 aliphatic carbocycles. The van der Waals surface area contributed by atoms with Gasteiger partial charge < -0.3 is 5.73 Å². The number of rotatable bonds is 3. The highest BCUT2D eigenvalue weighted by molar-refractivity contribution is 7.89. The topological polar surface area (TPSA) is 63.4 Å². The van der Waals surface area contributed by atoms with E-state index >= 15 is 0 Å². The van der Waals surface area contributed by atoms with Crippen molar-refractivity contribution >= 4 is 10.0 Å². The van der Waals surface area contributed by atoms with Crippen LogP contribution in [-0.4, -0.2) is 25.8 Å². The second-order valence-electron chi connectivity index (χ2n) is 6.64. The van der Waals surface area contributed by atoms with Gasteiger partial charge in [0.05, 0.1) is 4.90 Å². The number of halogens is 1. The SMILES string of the molecule is CC(C)(C)C1CCN(S(=O)(=O)c2cccc(F)c2CN)C1. The van der Waals surface area contributed by atoms with Gasteiger partial charge >= 0.3 is 0 Å². The quantitative estimate of drug-likeness (QED) is 0.931. The van der Waals surface area contributed by atoms with Crippen molar-refractivity contribution in [2.75, 3.05) is 13.1 Å². The third-order valence-corrected chi connectivity index (χ3v) is 6.22. The minimum absolute atomic E-state index is 0.000408. The Morgan fingerprint density at radius 1 is 1.38 bits per heavy atom. The zero-order chi connectivity index (χ0) is 15.8. The lowest BCUT2D eigenvalue weighted by atomic mass is 9.80. The van der Waals surface area contributed by atoms with E-state index in [1.54, 1.807) is 0 Å². The Morgan fingerprint density at radius 3 is 2.57 bits per heavy atom. The molecule has 4 nitrogen and oxygen atoms in total. The van der Waals surface area contributed by atoms with Crippen LogP contribution in [0.1, 0.15) is 32.8 Å². The monoisotopic (exact) mass is 314 g/mol. The lowest BCUT2D eigenvalue weighted by Gasteiger charge is -2.27. The van der Waals surface area contributed by atoms with Crippen molar-refractivity contribution in [2.45, 2.75) is 38.6 Å². The molecule has 2 N–H and O–H groups in total. The molecule has 1 saturated heterocycles. The van der Waals surface area contributed by atoms with Crippen molar-refractivity contribution in [3.63, 3.8) is 0 Å². The highest BCUT2D eigenvalue weighted by Crippen LogP contribution is 2.36. The Bertz CT molecular complexity index is 623. The summed E-state index contributed by atoms with van der Waals surface area (Å²) in [6.45, 7) is 7.17. The van der Waals surface area contributed by atoms with Crippen molar-refractivity contribution in [3.8, 4) is 0 Å². The van der Waals surface area contributed by atoms with Crippen LogP contribution >= 0.6 is 0 Å². The Kier molecular flexibility index (Phi) is 4.42. The van der Waals surface area contributed by atoms with Gasteiger partial charge in [0.15, 0.2) is 0 Å². The molecule has 1 unspecified atom stereocenters. The van der Waals surface area contributed by atoms with E-state index in [2.05, 4.69) is 20.8 Å². The maximum atomic E-state index is 13.8. The minimum atomic E-state index is -3.68. The van der Waals surface area contributed by atoms with Gasteiger partial charge in [0.25, 0.3) is 0 Å². The molecular formula is C15H23FN2O2S. The lowest BCUT2D eigenvalue weighted by Crippen LogP contribution is -2.32. The summed E-state index contributed by atoms with van der Waals surface area (Å²) in [5.74, 6) is -0.257. The molecule has 0 radical (unpaired) electrons. The first kappa shape index (κ1) is 16.4. The maximum absolute atomic E-state index is 13.8. The standard InChI is InChI=1S/C15H23FN2O2S/c1-15(2,3)11-7-8-18(10-11)21(19,20)14-6-4-5-13(16)12(14)9-17/h4-6,11H,7-10,17H2,1-3H3. The number of hydrogen-bond acceptors (Lipinski definition) is 3. The van der Waals surface area contributed by atoms with Crippen LogP contribution in [0.25, 0.3) is 0 Å². The van der Waals surface area contributed by atoms with Crippen LogP contribution in [0.3, 0.4) is 0 Å². The Labute approximate surface area is 126 Å². The van der Waals surface area contributed by atoms with E-state index in [0.29, 0.717) is 19.0 Å². The highest BCUT2D eigenvalue weighted by Gasteiger charge is 2.38. The molecule has 1 heterocycles. The first-order valence-electron chi connectivity index (χ1n) is 7.15. The van der Waals surface area contributed by atoms with Gasteiger partial charge in [-0.1, -0.05) is 26.8 Å². The van der Waals surface area contributed by atoms with Gasteiger partial charge in [-0.3, -0.25) is 0 Å². The van der Waals surface area contributed by atoms with Crippen LogP contribution in [0.15, 0.2) is 23.1 Å². The normalized spacial score (nSPS) is 20.9. The second-order valence-corrected chi connectivity index (χ2v) is 8.54. The second kappa shape index (κ2) is 5.66. The van der Waals surface area contributed by atoms with Crippen LogP contribution in [0.5, 0.6) is 0 Å². The third kappa shape index (κ3) is 3.12. The Morgan fingerprint density at radius 2 is 2.05 bits per heavy atom. The number of sulfonamides is 1. The van der Waals surface area contributed by atoms with Gasteiger partial charge in [-0.25, -0.2) is 12.8 Å². The molecule has 118 valence electrons. The molecule has 1 fully saturated rings. The molecule has 6 heteroatoms. The summed E-state index contributed by atoms with van der Waals surface area (Å²) in [6.07, 6.45) is 0.829. The molecule has 1 aromatic rings. The van der Waals surface area contributed by atoms with E-state index in [0.717, 1.165) is 6.42 Å². The summed E-state index contributed by atoms with van der Waals surface area (Å²) in [5, 5.41) is 0. The summed E-state index contributed by atoms with van der Waals surface area (Å²) >= 11 is 0. The van der Waals surface area contributed by atoms with Crippen molar-refractivity contribution in [1.82, 2.24) is 4.31 Å². The van der Waals surface area contributed by atoms with Gasteiger partial charge in [-0.15, -0.1) is 0 Å². The van der Waals surface area contributed by atoms with Gasteiger partial charge in [-0.05, 0) is 29.9 Å². The third-order valence-electron chi connectivity index (χ3n) is 4.27. The van der Waals surface area contributed by atoms with Crippen molar-refractivity contribution < 1.29 is 12.8 Å². The molecule has 1 aromatic carbocycles. The highest BCUT2D eigenvalue weighted by atomic mass is 32.2. The smallest absolute Gasteiger partial charge is 0.243 e. The zero-order valence-corrected chi connectivity index (χ0v) is 13.6. The fourth-order valence-electron chi connectivity index (χ4n) is 2.77. The maximum Gasteiger partial charge on any atom is 0.243 e. The Hall–Kier alpha value is -0.980. The summed E-state index contributed by atoms with van der Waals surface area (Å²) < 4.78 is 40.7. The minimum Gasteiger partial charge on any atom is -0.326 e. The predicted molar refractivity (Wildman–Crippen MR) is 80.6 cm³/mol. The molecule has 0 bridgehead atoms. The van der Waals surface area contributed by atoms with E-state index in [4.69, 9.17) is 5.73 Å². The fourth-order valence-corrected chi connectivity index (χ4v) is 4.51. The molecule has 1 aliphatic heterocycles. The van der Waals surface area contributed by atoms with E-state index < -0.39 is 15.8 Å². The predicted octanol–water partition coefficient (Wildman–Crippen LogP) is 2.34. The van der Waals surface area contributed by atoms with Gasteiger partial charge in [0.1, 0.15) is 5.82 Å². The van der Waals surface area contributed by atoms with E-state index in [9.17, 15) is 12.8 Å². The summed E-state index contributed by atoms with van der Waals surface area (Å²) in [6, 6.07) is 4.09. The average Bonchev–Trinajstić information content (AvgIpc) is 2.88. The average molecular weight is 314 g/mol. The van der Waals surface area contributed by atoms with Crippen molar-refractivity contribution in [2.24, 2.45) is 17.1 Å². The van der Waals surface area contributed by atoms with Crippen LogP contribution in [0.2, 0.25) is 0 Å². The first-order valence-corrected chi connectivity index (χ1v) is 8.59. The molecule has 2 rings (SSSR count). The van der Waals surface area contributed by atoms with Crippen molar-refractivity contribution in [1.29, 1.82) is 0 Å². The van der Waals surface area contributed by atoms with Crippen molar-refractivity contribution in [3.05, 3.63) is 29.6 Å². The molecular weight excluding hydrogens is 291 g/mol. The van der Waals surface area contributed by atoms with E-state index in [1.165, 1.54) is 22.5 Å². The number of nitrogens with zero attached hydrogens (tertiary/aromatic N) is 1. The summed E-state index contributed by atoms with van der Waals surface area (Å²) in [4.78, 5) is -0.000408. The van der Waals surface area contributed by atoms with Crippen LogP contribution in [0.4, 0.5) is 4.39 Å². The zero-order valence-electron chi connectivity index (χ0n) is 12.8. The molecule has 0 saturated carbocycles. The molecule has 1 atom stereocenters. The van der Waals surface area contributed by atoms with E-state index in [-0.39, 0.29) is 22.4 Å². The number of hydrogen-bond donors (Lipinski definition) is 1. The molecule has 0 amide bonds. The van der Waals surface area contributed by atoms with Gasteiger partial charge in [-0.2, -0.15) is 4.31 Å². The number of nitrogens with two attached hydrogens (primary N) is 1. The first-order chi connectivity index (χ1) is 9.67. The summed E-state index contributed by atoms with van der Waals surface area (Å²) in [7, 11) is -3.68. The van der Waals surface area contributed by atoms with Gasteiger partial charge in [0.2, 0.25) is 10.0 Å². The molecule has 21 heavy (non-hydrogen) atoms. The molecule has 0 aromatic heterocycles. The summed E-state index contributed by atoms with van der Waals surface area (Å²) in [5.41, 5.74) is 5.65. The largest absolute Gasteiger partial charge is 0.326 e. The lowest BCUT2D eigenvalue weighted by molar-refractivity contribution is 0.252. The molecule has 1 aliphatic rings. The van der Waals surface area contributed by atoms with E-state index in [1.807, 2.05) is 0 Å².